The van der Waals surface area contributed by atoms with Crippen LogP contribution in [0.15, 0.2) is 36.5 Å². The molecule has 0 saturated carbocycles. The number of aliphatic hydroxyl groups excluding tert-OH is 1. The van der Waals surface area contributed by atoms with Gasteiger partial charge in [-0.05, 0) is 51.4 Å². The molecular formula is C76H150N2O6P+. The zero-order chi connectivity index (χ0) is 61.9. The number of nitrogens with zero attached hydrogens (tertiary/aromatic N) is 1. The van der Waals surface area contributed by atoms with Crippen LogP contribution < -0.4 is 5.32 Å². The molecule has 3 unspecified atom stereocenters. The first kappa shape index (κ1) is 83.7. The molecule has 0 aliphatic carbocycles. The summed E-state index contributed by atoms with van der Waals surface area (Å²) in [5.74, 6) is -0.168. The number of likely N-dealkylation sites (N-methyl/N-ethyl adjacent to an activating group) is 1. The Kier molecular flexibility index (Phi) is 66.1. The van der Waals surface area contributed by atoms with E-state index in [2.05, 4.69) is 43.5 Å². The maximum absolute atomic E-state index is 13.1. The van der Waals surface area contributed by atoms with Gasteiger partial charge in [0.05, 0.1) is 39.9 Å². The average molecular weight is 1220 g/mol. The summed E-state index contributed by atoms with van der Waals surface area (Å²) >= 11 is 0. The quantitative estimate of drug-likeness (QED) is 0.0243. The predicted molar refractivity (Wildman–Crippen MR) is 374 cm³/mol. The number of phosphoric ester groups is 1. The number of quaternary nitrogens is 1. The Bertz CT molecular complexity index is 1480. The van der Waals surface area contributed by atoms with E-state index in [1.807, 2.05) is 27.2 Å². The van der Waals surface area contributed by atoms with Crippen molar-refractivity contribution in [2.45, 2.75) is 405 Å². The number of hydrogen-bond donors (Lipinski definition) is 3. The Balaban J connectivity index is 3.98. The van der Waals surface area contributed by atoms with E-state index >= 15 is 0 Å². The number of carbonyl (C=O) groups is 1. The first-order valence-electron chi connectivity index (χ1n) is 37.9. The smallest absolute Gasteiger partial charge is 0.387 e. The van der Waals surface area contributed by atoms with Crippen LogP contribution >= 0.6 is 7.82 Å². The number of unbranched alkanes of at least 4 members (excludes halogenated alkanes) is 54. The van der Waals surface area contributed by atoms with Crippen molar-refractivity contribution in [3.05, 3.63) is 36.5 Å². The highest BCUT2D eigenvalue weighted by Crippen LogP contribution is 2.43. The third-order valence-electron chi connectivity index (χ3n) is 17.6. The number of hydrogen-bond acceptors (Lipinski definition) is 5. The van der Waals surface area contributed by atoms with Crippen LogP contribution in [0.2, 0.25) is 0 Å². The highest BCUT2D eigenvalue weighted by Gasteiger charge is 2.28. The van der Waals surface area contributed by atoms with Crippen LogP contribution in [0.25, 0.3) is 0 Å². The Morgan fingerprint density at radius 2 is 0.671 bits per heavy atom. The summed E-state index contributed by atoms with van der Waals surface area (Å²) in [6.45, 7) is 4.87. The second kappa shape index (κ2) is 67.1. The molecule has 85 heavy (non-hydrogen) atoms. The Morgan fingerprint density at radius 3 is 0.965 bits per heavy atom. The van der Waals surface area contributed by atoms with Gasteiger partial charge in [-0.25, -0.2) is 4.57 Å². The molecule has 0 spiro atoms. The van der Waals surface area contributed by atoms with Crippen LogP contribution in [0.1, 0.15) is 393 Å². The Hall–Kier alpha value is -1.28. The first-order valence-corrected chi connectivity index (χ1v) is 39.4. The van der Waals surface area contributed by atoms with Gasteiger partial charge in [0.15, 0.2) is 0 Å². The molecule has 0 fully saturated rings. The van der Waals surface area contributed by atoms with Gasteiger partial charge in [0.2, 0.25) is 5.91 Å². The van der Waals surface area contributed by atoms with Gasteiger partial charge in [-0.2, -0.15) is 0 Å². The lowest BCUT2D eigenvalue weighted by atomic mass is 10.0. The van der Waals surface area contributed by atoms with Gasteiger partial charge in [-0.15, -0.1) is 0 Å². The van der Waals surface area contributed by atoms with Gasteiger partial charge in [0.25, 0.3) is 0 Å². The highest BCUT2D eigenvalue weighted by atomic mass is 31.2. The number of aliphatic hydroxyl groups is 1. The molecule has 0 saturated heterocycles. The number of amides is 1. The van der Waals surface area contributed by atoms with Crippen molar-refractivity contribution in [1.29, 1.82) is 0 Å². The van der Waals surface area contributed by atoms with Gasteiger partial charge in [0.1, 0.15) is 13.2 Å². The van der Waals surface area contributed by atoms with Crippen molar-refractivity contribution in [2.24, 2.45) is 0 Å². The molecule has 0 radical (unpaired) electrons. The van der Waals surface area contributed by atoms with Crippen molar-refractivity contribution in [1.82, 2.24) is 5.32 Å². The lowest BCUT2D eigenvalue weighted by molar-refractivity contribution is -0.870. The first-order chi connectivity index (χ1) is 41.5. The fourth-order valence-electron chi connectivity index (χ4n) is 11.7. The molecule has 8 nitrogen and oxygen atoms in total. The SMILES string of the molecule is CCCCCCC/C=C\C/C=C\CCCCCCCCCCCCCCCCCCCCCCCCCC(=O)NC(COP(=O)(O)OCC[N+](C)(C)C)C(O)/C=C/CCCCCCCCCCCCCCCCCCCCCCCCCCCC. The van der Waals surface area contributed by atoms with Crippen molar-refractivity contribution >= 4 is 13.7 Å². The van der Waals surface area contributed by atoms with E-state index in [1.165, 1.54) is 334 Å². The fourth-order valence-corrected chi connectivity index (χ4v) is 12.5. The summed E-state index contributed by atoms with van der Waals surface area (Å²) < 4.78 is 23.9. The maximum Gasteiger partial charge on any atom is 0.472 e. The summed E-state index contributed by atoms with van der Waals surface area (Å²) in [5, 5.41) is 14.0. The van der Waals surface area contributed by atoms with Crippen LogP contribution in [-0.4, -0.2) is 73.4 Å². The highest BCUT2D eigenvalue weighted by molar-refractivity contribution is 7.47. The molecule has 0 aliphatic heterocycles. The lowest BCUT2D eigenvalue weighted by Crippen LogP contribution is -2.45. The van der Waals surface area contributed by atoms with E-state index in [0.717, 1.165) is 38.5 Å². The molecule has 504 valence electrons. The van der Waals surface area contributed by atoms with Crippen molar-refractivity contribution in [3.63, 3.8) is 0 Å². The standard InChI is InChI=1S/C76H149N2O6P/c1-6-8-10-12-14-16-18-20-22-24-26-28-30-32-34-36-37-38-39-40-41-42-44-46-48-50-52-54-56-58-60-62-64-66-68-70-76(80)77-74(73-84-85(81,82)83-72-71-78(3,4)5)75(79)69-67-65-63-61-59-57-55-53-51-49-47-45-43-35-33-31-29-27-25-23-21-19-17-15-13-11-9-7-2/h18,20,24,26,67,69,74-75,79H,6-17,19,21-23,25,27-66,68,70-73H2,1-5H3,(H-,77,80,81,82)/p+1/b20-18-,26-24-,69-67+. The molecule has 0 bridgehead atoms. The van der Waals surface area contributed by atoms with Gasteiger partial charge < -0.3 is 19.8 Å². The fraction of sp³-hybridized carbons (Fsp3) is 0.908. The molecule has 0 aromatic carbocycles. The molecule has 9 heteroatoms. The van der Waals surface area contributed by atoms with E-state index in [0.29, 0.717) is 17.4 Å². The summed E-state index contributed by atoms with van der Waals surface area (Å²) in [6.07, 6.45) is 90.3. The van der Waals surface area contributed by atoms with E-state index in [-0.39, 0.29) is 19.1 Å². The van der Waals surface area contributed by atoms with Crippen molar-refractivity contribution < 1.29 is 32.9 Å². The second-order valence-corrected chi connectivity index (χ2v) is 28.8. The number of rotatable bonds is 71. The average Bonchev–Trinajstić information content (AvgIpc) is 3.48. The summed E-state index contributed by atoms with van der Waals surface area (Å²) in [6, 6.07) is -0.846. The Labute approximate surface area is 531 Å². The summed E-state index contributed by atoms with van der Waals surface area (Å²) in [5.41, 5.74) is 0. The molecule has 1 amide bonds. The van der Waals surface area contributed by atoms with E-state index in [9.17, 15) is 19.4 Å². The summed E-state index contributed by atoms with van der Waals surface area (Å²) in [7, 11) is 1.59. The Morgan fingerprint density at radius 1 is 0.400 bits per heavy atom. The third-order valence-corrected chi connectivity index (χ3v) is 18.6. The van der Waals surface area contributed by atoms with Gasteiger partial charge in [-0.3, -0.25) is 13.8 Å². The van der Waals surface area contributed by atoms with Crippen LogP contribution in [0, 0.1) is 0 Å². The van der Waals surface area contributed by atoms with E-state index in [1.54, 1.807) is 6.08 Å². The molecule has 0 aromatic rings. The molecule has 0 aliphatic rings. The minimum atomic E-state index is -4.35. The molecule has 3 atom stereocenters. The van der Waals surface area contributed by atoms with Gasteiger partial charge in [-0.1, -0.05) is 371 Å². The minimum Gasteiger partial charge on any atom is -0.387 e. The van der Waals surface area contributed by atoms with Crippen molar-refractivity contribution in [3.8, 4) is 0 Å². The number of allylic oxidation sites excluding steroid dienone is 5. The van der Waals surface area contributed by atoms with E-state index in [4.69, 9.17) is 9.05 Å². The van der Waals surface area contributed by atoms with Gasteiger partial charge >= 0.3 is 7.82 Å². The van der Waals surface area contributed by atoms with Crippen LogP contribution in [-0.2, 0) is 18.4 Å². The van der Waals surface area contributed by atoms with Crippen LogP contribution in [0.4, 0.5) is 0 Å². The normalized spacial score (nSPS) is 13.7. The van der Waals surface area contributed by atoms with E-state index < -0.39 is 20.0 Å². The van der Waals surface area contributed by atoms with Crippen LogP contribution in [0.5, 0.6) is 0 Å². The minimum absolute atomic E-state index is 0.0641. The van der Waals surface area contributed by atoms with Crippen LogP contribution in [0.3, 0.4) is 0 Å². The monoisotopic (exact) mass is 1220 g/mol. The molecule has 0 rings (SSSR count). The number of phosphoric acid groups is 1. The second-order valence-electron chi connectivity index (χ2n) is 27.4. The summed E-state index contributed by atoms with van der Waals surface area (Å²) in [4.78, 5) is 23.5. The largest absolute Gasteiger partial charge is 0.472 e. The molecule has 0 aromatic heterocycles. The maximum atomic E-state index is 13.1. The van der Waals surface area contributed by atoms with Crippen molar-refractivity contribution in [2.75, 3.05) is 40.9 Å². The zero-order valence-corrected chi connectivity index (χ0v) is 58.8. The number of carbonyl (C=O) groups excluding carboxylic acids is 1. The topological polar surface area (TPSA) is 105 Å². The molecule has 3 N–H and O–H groups in total. The van der Waals surface area contributed by atoms with Gasteiger partial charge in [0, 0.05) is 6.42 Å². The lowest BCUT2D eigenvalue weighted by Gasteiger charge is -2.25. The predicted octanol–water partition coefficient (Wildman–Crippen LogP) is 24.4. The number of nitrogens with one attached hydrogen (secondary N) is 1. The molecule has 0 heterocycles. The third kappa shape index (κ3) is 70.0. The zero-order valence-electron chi connectivity index (χ0n) is 57.9. The molecular weight excluding hydrogens is 1070 g/mol.